The zero-order chi connectivity index (χ0) is 20.2. The molecular formula is C22H23ClN4OS. The van der Waals surface area contributed by atoms with Crippen LogP contribution in [0.4, 0.5) is 5.69 Å². The molecule has 3 aromatic rings. The number of amides is 1. The molecule has 7 heteroatoms. The predicted molar refractivity (Wildman–Crippen MR) is 120 cm³/mol. The number of para-hydroxylation sites is 1. The van der Waals surface area contributed by atoms with Gasteiger partial charge in [0.15, 0.2) is 5.69 Å². The number of halogens is 1. The Bertz CT molecular complexity index is 1010. The molecule has 1 aliphatic rings. The molecule has 0 unspecified atom stereocenters. The van der Waals surface area contributed by atoms with Crippen molar-refractivity contribution in [2.45, 2.75) is 13.5 Å². The van der Waals surface area contributed by atoms with Crippen LogP contribution in [-0.2, 0) is 6.54 Å². The number of rotatable bonds is 5. The van der Waals surface area contributed by atoms with Crippen LogP contribution in [0.1, 0.15) is 21.6 Å². The van der Waals surface area contributed by atoms with Crippen molar-refractivity contribution in [3.63, 3.8) is 0 Å². The van der Waals surface area contributed by atoms with E-state index in [0.717, 1.165) is 36.6 Å². The van der Waals surface area contributed by atoms with Gasteiger partial charge in [0, 0.05) is 43.0 Å². The first-order valence-corrected chi connectivity index (χ1v) is 11.1. The van der Waals surface area contributed by atoms with E-state index in [1.54, 1.807) is 23.0 Å². The van der Waals surface area contributed by atoms with Gasteiger partial charge in [-0.15, -0.1) is 0 Å². The number of nitrogens with zero attached hydrogens (tertiary/aromatic N) is 3. The highest BCUT2D eigenvalue weighted by Gasteiger charge is 2.14. The molecule has 1 N–H and O–H groups in total. The molecule has 0 aliphatic carbocycles. The van der Waals surface area contributed by atoms with E-state index in [4.69, 9.17) is 11.6 Å². The van der Waals surface area contributed by atoms with E-state index in [1.165, 1.54) is 17.1 Å². The average Bonchev–Trinajstić information content (AvgIpc) is 3.21. The zero-order valence-corrected chi connectivity index (χ0v) is 17.8. The highest BCUT2D eigenvalue weighted by Crippen LogP contribution is 2.21. The van der Waals surface area contributed by atoms with E-state index in [2.05, 4.69) is 27.4 Å². The minimum atomic E-state index is -0.236. The number of carbonyl (C=O) groups is 1. The third kappa shape index (κ3) is 4.83. The molecule has 2 aromatic carbocycles. The number of aromatic nitrogens is 2. The maximum absolute atomic E-state index is 12.7. The fraction of sp³-hybridized carbons (Fsp3) is 0.273. The Kier molecular flexibility index (Phi) is 6.23. The summed E-state index contributed by atoms with van der Waals surface area (Å²) in [6.07, 6.45) is 1.74. The highest BCUT2D eigenvalue weighted by atomic mass is 35.5. The van der Waals surface area contributed by atoms with Crippen molar-refractivity contribution in [2.75, 3.05) is 29.9 Å². The molecule has 1 aromatic heterocycles. The largest absolute Gasteiger partial charge is 0.320 e. The van der Waals surface area contributed by atoms with Gasteiger partial charge in [-0.05, 0) is 42.3 Å². The molecule has 0 atom stereocenters. The first-order valence-electron chi connectivity index (χ1n) is 9.62. The van der Waals surface area contributed by atoms with Gasteiger partial charge < -0.3 is 5.32 Å². The summed E-state index contributed by atoms with van der Waals surface area (Å²) in [6, 6.07) is 15.3. The van der Waals surface area contributed by atoms with E-state index < -0.39 is 0 Å². The molecule has 1 aliphatic heterocycles. The van der Waals surface area contributed by atoms with Gasteiger partial charge in [0.05, 0.1) is 10.7 Å². The summed E-state index contributed by atoms with van der Waals surface area (Å²) < 4.78 is 1.62. The van der Waals surface area contributed by atoms with Crippen molar-refractivity contribution in [3.05, 3.63) is 76.6 Å². The summed E-state index contributed by atoms with van der Waals surface area (Å²) in [5.41, 5.74) is 4.22. The second-order valence-electron chi connectivity index (χ2n) is 7.09. The van der Waals surface area contributed by atoms with E-state index in [0.29, 0.717) is 10.7 Å². The molecule has 1 amide bonds. The van der Waals surface area contributed by atoms with Crippen molar-refractivity contribution in [1.82, 2.24) is 14.7 Å². The lowest BCUT2D eigenvalue weighted by atomic mass is 10.1. The van der Waals surface area contributed by atoms with Crippen LogP contribution >= 0.6 is 23.4 Å². The van der Waals surface area contributed by atoms with E-state index in [1.807, 2.05) is 43.0 Å². The molecule has 2 heterocycles. The third-order valence-corrected chi connectivity index (χ3v) is 6.23. The van der Waals surface area contributed by atoms with Gasteiger partial charge in [-0.25, -0.2) is 4.68 Å². The number of aryl methyl sites for hydroxylation is 1. The number of benzene rings is 2. The Morgan fingerprint density at radius 1 is 1.17 bits per heavy atom. The number of thioether (sulfide) groups is 1. The van der Waals surface area contributed by atoms with Gasteiger partial charge in [0.2, 0.25) is 0 Å². The summed E-state index contributed by atoms with van der Waals surface area (Å²) in [5, 5.41) is 7.93. The lowest BCUT2D eigenvalue weighted by Gasteiger charge is -2.26. The second-order valence-corrected chi connectivity index (χ2v) is 8.72. The number of anilines is 1. The van der Waals surface area contributed by atoms with Crippen LogP contribution < -0.4 is 5.32 Å². The standard InChI is InChI=1S/C22H23ClN4OS/c1-16-14-17(15-26-10-12-29-13-11-26)6-7-19(16)24-22(28)20-8-9-27(25-20)21-5-3-2-4-18(21)23/h2-9,14H,10-13,15H2,1H3,(H,24,28). The van der Waals surface area contributed by atoms with Crippen LogP contribution in [0.25, 0.3) is 5.69 Å². The smallest absolute Gasteiger partial charge is 0.276 e. The Morgan fingerprint density at radius 2 is 1.97 bits per heavy atom. The van der Waals surface area contributed by atoms with Crippen LogP contribution in [0.2, 0.25) is 5.02 Å². The van der Waals surface area contributed by atoms with Crippen LogP contribution in [0.3, 0.4) is 0 Å². The van der Waals surface area contributed by atoms with E-state index in [9.17, 15) is 4.79 Å². The molecule has 5 nitrogen and oxygen atoms in total. The summed E-state index contributed by atoms with van der Waals surface area (Å²) in [4.78, 5) is 15.1. The summed E-state index contributed by atoms with van der Waals surface area (Å²) in [7, 11) is 0. The van der Waals surface area contributed by atoms with Gasteiger partial charge in [-0.3, -0.25) is 9.69 Å². The first kappa shape index (κ1) is 20.0. The minimum absolute atomic E-state index is 0.236. The Labute approximate surface area is 180 Å². The molecule has 0 saturated carbocycles. The molecule has 0 radical (unpaired) electrons. The lowest BCUT2D eigenvalue weighted by Crippen LogP contribution is -2.31. The molecule has 1 saturated heterocycles. The monoisotopic (exact) mass is 426 g/mol. The lowest BCUT2D eigenvalue weighted by molar-refractivity contribution is 0.102. The Hall–Kier alpha value is -2.28. The first-order chi connectivity index (χ1) is 14.1. The average molecular weight is 427 g/mol. The highest BCUT2D eigenvalue weighted by molar-refractivity contribution is 7.99. The molecule has 4 rings (SSSR count). The van der Waals surface area contributed by atoms with E-state index in [-0.39, 0.29) is 5.91 Å². The molecule has 150 valence electrons. The molecule has 29 heavy (non-hydrogen) atoms. The fourth-order valence-electron chi connectivity index (χ4n) is 3.38. The summed E-state index contributed by atoms with van der Waals surface area (Å²) in [5.74, 6) is 2.17. The minimum Gasteiger partial charge on any atom is -0.320 e. The quantitative estimate of drug-likeness (QED) is 0.646. The van der Waals surface area contributed by atoms with Crippen LogP contribution in [-0.4, -0.2) is 45.2 Å². The SMILES string of the molecule is Cc1cc(CN2CCSCC2)ccc1NC(=O)c1ccn(-c2ccccc2Cl)n1. The van der Waals surface area contributed by atoms with Gasteiger partial charge in [0.1, 0.15) is 0 Å². The molecular weight excluding hydrogens is 404 g/mol. The summed E-state index contributed by atoms with van der Waals surface area (Å²) in [6.45, 7) is 5.25. The van der Waals surface area contributed by atoms with Crippen molar-refractivity contribution in [1.29, 1.82) is 0 Å². The summed E-state index contributed by atoms with van der Waals surface area (Å²) >= 11 is 8.23. The van der Waals surface area contributed by atoms with Crippen molar-refractivity contribution in [2.24, 2.45) is 0 Å². The Morgan fingerprint density at radius 3 is 2.72 bits per heavy atom. The van der Waals surface area contributed by atoms with Crippen LogP contribution in [0.5, 0.6) is 0 Å². The van der Waals surface area contributed by atoms with Crippen molar-refractivity contribution >= 4 is 35.0 Å². The molecule has 0 bridgehead atoms. The van der Waals surface area contributed by atoms with Crippen molar-refractivity contribution in [3.8, 4) is 5.69 Å². The number of carbonyl (C=O) groups excluding carboxylic acids is 1. The van der Waals surface area contributed by atoms with Gasteiger partial charge in [-0.2, -0.15) is 16.9 Å². The Balaban J connectivity index is 1.44. The number of hydrogen-bond donors (Lipinski definition) is 1. The second kappa shape index (κ2) is 9.03. The molecule has 1 fully saturated rings. The molecule has 0 spiro atoms. The van der Waals surface area contributed by atoms with E-state index >= 15 is 0 Å². The maximum atomic E-state index is 12.7. The maximum Gasteiger partial charge on any atom is 0.276 e. The number of hydrogen-bond acceptors (Lipinski definition) is 4. The fourth-order valence-corrected chi connectivity index (χ4v) is 4.59. The van der Waals surface area contributed by atoms with Gasteiger partial charge >= 0.3 is 0 Å². The van der Waals surface area contributed by atoms with Gasteiger partial charge in [-0.1, -0.05) is 35.9 Å². The predicted octanol–water partition coefficient (Wildman–Crippen LogP) is 4.64. The van der Waals surface area contributed by atoms with Crippen LogP contribution in [0, 0.1) is 6.92 Å². The topological polar surface area (TPSA) is 50.2 Å². The number of nitrogens with one attached hydrogen (secondary N) is 1. The van der Waals surface area contributed by atoms with Crippen molar-refractivity contribution < 1.29 is 4.79 Å². The normalized spacial score (nSPS) is 14.7. The van der Waals surface area contributed by atoms with Crippen LogP contribution in [0.15, 0.2) is 54.7 Å². The van der Waals surface area contributed by atoms with Gasteiger partial charge in [0.25, 0.3) is 5.91 Å². The zero-order valence-electron chi connectivity index (χ0n) is 16.3. The third-order valence-electron chi connectivity index (χ3n) is 4.97.